The van der Waals surface area contributed by atoms with E-state index in [9.17, 15) is 0 Å². The molecule has 0 fully saturated rings. The van der Waals surface area contributed by atoms with Gasteiger partial charge < -0.3 is 14.8 Å². The third-order valence-electron chi connectivity index (χ3n) is 2.99. The van der Waals surface area contributed by atoms with Crippen LogP contribution >= 0.6 is 11.6 Å². The lowest BCUT2D eigenvalue weighted by Crippen LogP contribution is -2.18. The highest BCUT2D eigenvalue weighted by Crippen LogP contribution is 2.23. The van der Waals surface area contributed by atoms with Crippen LogP contribution < -0.4 is 10.1 Å². The first-order chi connectivity index (χ1) is 10.1. The number of ether oxygens (including phenoxy) is 2. The van der Waals surface area contributed by atoms with Crippen LogP contribution in [0.25, 0.3) is 0 Å². The summed E-state index contributed by atoms with van der Waals surface area (Å²) in [6, 6.07) is 5.77. The second-order valence-electron chi connectivity index (χ2n) is 5.41. The number of hydrogen-bond acceptors (Lipinski definition) is 3. The number of nitrogens with one attached hydrogen (secondary N) is 1. The highest BCUT2D eigenvalue weighted by molar-refractivity contribution is 6.30. The van der Waals surface area contributed by atoms with E-state index in [2.05, 4.69) is 12.2 Å². The molecule has 1 aromatic rings. The minimum Gasteiger partial charge on any atom is -0.491 e. The van der Waals surface area contributed by atoms with Crippen molar-refractivity contribution < 1.29 is 9.47 Å². The lowest BCUT2D eigenvalue weighted by atomic mass is 10.2. The summed E-state index contributed by atoms with van der Waals surface area (Å²) >= 11 is 6.06. The molecule has 4 heteroatoms. The summed E-state index contributed by atoms with van der Waals surface area (Å²) in [7, 11) is 0. The normalized spacial score (nSPS) is 11.1. The molecule has 0 aliphatic heterocycles. The van der Waals surface area contributed by atoms with Crippen LogP contribution in [0.1, 0.15) is 45.6 Å². The summed E-state index contributed by atoms with van der Waals surface area (Å²) < 4.78 is 11.3. The van der Waals surface area contributed by atoms with Crippen LogP contribution in [-0.2, 0) is 11.3 Å². The molecule has 0 aliphatic carbocycles. The van der Waals surface area contributed by atoms with Gasteiger partial charge in [0.05, 0.1) is 6.10 Å². The third-order valence-corrected chi connectivity index (χ3v) is 3.22. The number of halogens is 1. The van der Waals surface area contributed by atoms with Gasteiger partial charge in [-0.25, -0.2) is 0 Å². The Hall–Kier alpha value is -0.770. The van der Waals surface area contributed by atoms with Crippen molar-refractivity contribution in [3.8, 4) is 5.75 Å². The number of benzene rings is 1. The summed E-state index contributed by atoms with van der Waals surface area (Å²) in [6.07, 6.45) is 3.51. The molecule has 0 atom stereocenters. The van der Waals surface area contributed by atoms with E-state index in [4.69, 9.17) is 21.1 Å². The minimum atomic E-state index is 0.164. The lowest BCUT2D eigenvalue weighted by Gasteiger charge is -2.15. The number of hydrogen-bond donors (Lipinski definition) is 1. The first-order valence-corrected chi connectivity index (χ1v) is 8.24. The van der Waals surface area contributed by atoms with Gasteiger partial charge in [-0.2, -0.15) is 0 Å². The van der Waals surface area contributed by atoms with Crippen LogP contribution in [0.5, 0.6) is 5.75 Å². The quantitative estimate of drug-likeness (QED) is 0.613. The van der Waals surface area contributed by atoms with E-state index < -0.39 is 0 Å². The Morgan fingerprint density at radius 2 is 1.95 bits per heavy atom. The largest absolute Gasteiger partial charge is 0.491 e. The molecule has 21 heavy (non-hydrogen) atoms. The first kappa shape index (κ1) is 18.3. The van der Waals surface area contributed by atoms with E-state index in [1.54, 1.807) is 0 Å². The molecular formula is C17H28ClNO2. The van der Waals surface area contributed by atoms with Crippen molar-refractivity contribution in [2.75, 3.05) is 19.8 Å². The summed E-state index contributed by atoms with van der Waals surface area (Å²) in [6.45, 7) is 9.61. The SMILES string of the molecule is CCCCOCCCNCc1cc(Cl)ccc1OC(C)C. The smallest absolute Gasteiger partial charge is 0.124 e. The minimum absolute atomic E-state index is 0.164. The van der Waals surface area contributed by atoms with E-state index in [-0.39, 0.29) is 6.10 Å². The van der Waals surface area contributed by atoms with E-state index in [0.29, 0.717) is 0 Å². The fraction of sp³-hybridized carbons (Fsp3) is 0.647. The highest BCUT2D eigenvalue weighted by atomic mass is 35.5. The molecule has 3 nitrogen and oxygen atoms in total. The van der Waals surface area contributed by atoms with Crippen LogP contribution in [0.2, 0.25) is 5.02 Å². The zero-order valence-electron chi connectivity index (χ0n) is 13.5. The fourth-order valence-corrected chi connectivity index (χ4v) is 2.12. The second-order valence-corrected chi connectivity index (χ2v) is 5.85. The second kappa shape index (κ2) is 10.9. The predicted octanol–water partition coefficient (Wildman–Crippen LogP) is 4.42. The maximum atomic E-state index is 6.06. The third kappa shape index (κ3) is 8.30. The Bertz CT molecular complexity index is 396. The molecule has 0 unspecified atom stereocenters. The van der Waals surface area contributed by atoms with Crippen LogP contribution in [0.15, 0.2) is 18.2 Å². The van der Waals surface area contributed by atoms with Gasteiger partial charge in [-0.3, -0.25) is 0 Å². The number of unbranched alkanes of at least 4 members (excludes halogenated alkanes) is 1. The number of rotatable bonds is 11. The maximum Gasteiger partial charge on any atom is 0.124 e. The van der Waals surface area contributed by atoms with Crippen LogP contribution in [0, 0.1) is 0 Å². The fourth-order valence-electron chi connectivity index (χ4n) is 1.93. The zero-order valence-corrected chi connectivity index (χ0v) is 14.2. The summed E-state index contributed by atoms with van der Waals surface area (Å²) in [5.74, 6) is 0.904. The van der Waals surface area contributed by atoms with Crippen molar-refractivity contribution in [2.45, 2.75) is 52.7 Å². The van der Waals surface area contributed by atoms with Gasteiger partial charge in [0.15, 0.2) is 0 Å². The molecule has 0 spiro atoms. The van der Waals surface area contributed by atoms with Crippen molar-refractivity contribution in [2.24, 2.45) is 0 Å². The molecule has 0 aliphatic rings. The first-order valence-electron chi connectivity index (χ1n) is 7.87. The highest BCUT2D eigenvalue weighted by Gasteiger charge is 2.06. The monoisotopic (exact) mass is 313 g/mol. The topological polar surface area (TPSA) is 30.5 Å². The van der Waals surface area contributed by atoms with Gasteiger partial charge in [0.25, 0.3) is 0 Å². The molecular weight excluding hydrogens is 286 g/mol. The van der Waals surface area contributed by atoms with Gasteiger partial charge in [0.2, 0.25) is 0 Å². The molecule has 0 saturated carbocycles. The molecule has 0 aromatic heterocycles. The van der Waals surface area contributed by atoms with E-state index in [0.717, 1.165) is 55.5 Å². The van der Waals surface area contributed by atoms with Crippen molar-refractivity contribution in [1.82, 2.24) is 5.32 Å². The van der Waals surface area contributed by atoms with E-state index in [1.165, 1.54) is 6.42 Å². The average Bonchev–Trinajstić information content (AvgIpc) is 2.44. The molecule has 120 valence electrons. The molecule has 0 saturated heterocycles. The molecule has 1 aromatic carbocycles. The van der Waals surface area contributed by atoms with Crippen LogP contribution in [0.3, 0.4) is 0 Å². The Balaban J connectivity index is 2.29. The maximum absolute atomic E-state index is 6.06. The van der Waals surface area contributed by atoms with Crippen LogP contribution in [-0.4, -0.2) is 25.9 Å². The molecule has 0 bridgehead atoms. The molecule has 0 heterocycles. The van der Waals surface area contributed by atoms with Gasteiger partial charge in [-0.05, 0) is 51.4 Å². The van der Waals surface area contributed by atoms with Crippen molar-refractivity contribution in [3.63, 3.8) is 0 Å². The standard InChI is InChI=1S/C17H28ClNO2/c1-4-5-10-20-11-6-9-19-13-15-12-16(18)7-8-17(15)21-14(2)3/h7-8,12,14,19H,4-6,9-11,13H2,1-3H3. The summed E-state index contributed by atoms with van der Waals surface area (Å²) in [4.78, 5) is 0. The zero-order chi connectivity index (χ0) is 15.5. The summed E-state index contributed by atoms with van der Waals surface area (Å²) in [5, 5.41) is 4.16. The van der Waals surface area contributed by atoms with Crippen LogP contribution in [0.4, 0.5) is 0 Å². The summed E-state index contributed by atoms with van der Waals surface area (Å²) in [5.41, 5.74) is 1.10. The Labute approximate surface area is 134 Å². The van der Waals surface area contributed by atoms with Gasteiger partial charge in [-0.15, -0.1) is 0 Å². The van der Waals surface area contributed by atoms with Crippen molar-refractivity contribution >= 4 is 11.6 Å². The van der Waals surface area contributed by atoms with E-state index >= 15 is 0 Å². The van der Waals surface area contributed by atoms with Crippen molar-refractivity contribution in [3.05, 3.63) is 28.8 Å². The molecule has 0 amide bonds. The Kier molecular flexibility index (Phi) is 9.48. The van der Waals surface area contributed by atoms with Gasteiger partial charge >= 0.3 is 0 Å². The Morgan fingerprint density at radius 1 is 1.19 bits per heavy atom. The predicted molar refractivity (Wildman–Crippen MR) is 89.3 cm³/mol. The molecule has 1 N–H and O–H groups in total. The van der Waals surface area contributed by atoms with Gasteiger partial charge in [0, 0.05) is 30.3 Å². The average molecular weight is 314 g/mol. The lowest BCUT2D eigenvalue weighted by molar-refractivity contribution is 0.128. The van der Waals surface area contributed by atoms with Gasteiger partial charge in [0.1, 0.15) is 5.75 Å². The van der Waals surface area contributed by atoms with Crippen molar-refractivity contribution in [1.29, 1.82) is 0 Å². The molecule has 1 rings (SSSR count). The Morgan fingerprint density at radius 3 is 2.67 bits per heavy atom. The van der Waals surface area contributed by atoms with E-state index in [1.807, 2.05) is 32.0 Å². The van der Waals surface area contributed by atoms with Gasteiger partial charge in [-0.1, -0.05) is 24.9 Å². The molecule has 0 radical (unpaired) electrons.